The second kappa shape index (κ2) is 9.56. The lowest BCUT2D eigenvalue weighted by Gasteiger charge is -2.05. The van der Waals surface area contributed by atoms with Gasteiger partial charge in [0.15, 0.2) is 0 Å². The Kier molecular flexibility index (Phi) is 6.57. The van der Waals surface area contributed by atoms with Crippen LogP contribution in [0, 0.1) is 12.7 Å². The van der Waals surface area contributed by atoms with E-state index in [0.29, 0.717) is 21.8 Å². The zero-order valence-corrected chi connectivity index (χ0v) is 19.2. The normalized spacial score (nSPS) is 11.7. The van der Waals surface area contributed by atoms with Crippen LogP contribution < -0.4 is 4.83 Å². The summed E-state index contributed by atoms with van der Waals surface area (Å²) in [4.78, 5) is 2.33. The Balaban J connectivity index is 1.64. The number of aromatic nitrogens is 2. The highest BCUT2D eigenvalue weighted by molar-refractivity contribution is 7.89. The Hall–Kier alpha value is -3.49. The third-order valence-electron chi connectivity index (χ3n) is 4.93. The lowest BCUT2D eigenvalue weighted by atomic mass is 10.1. The van der Waals surface area contributed by atoms with E-state index in [1.54, 1.807) is 29.1 Å². The predicted molar refractivity (Wildman–Crippen MR) is 127 cm³/mol. The zero-order valence-electron chi connectivity index (χ0n) is 17.6. The Bertz CT molecular complexity index is 1380. The number of hydrazone groups is 1. The zero-order chi connectivity index (χ0) is 23.4. The van der Waals surface area contributed by atoms with Crippen molar-refractivity contribution in [2.45, 2.75) is 18.4 Å². The Morgan fingerprint density at radius 1 is 1.06 bits per heavy atom. The van der Waals surface area contributed by atoms with Crippen molar-refractivity contribution in [3.8, 4) is 11.3 Å². The smallest absolute Gasteiger partial charge is 0.267 e. The van der Waals surface area contributed by atoms with Gasteiger partial charge in [0.25, 0.3) is 10.0 Å². The van der Waals surface area contributed by atoms with Crippen LogP contribution >= 0.6 is 11.6 Å². The Labute approximate surface area is 196 Å². The molecule has 0 unspecified atom stereocenters. The summed E-state index contributed by atoms with van der Waals surface area (Å²) in [6.07, 6.45) is 3.04. The summed E-state index contributed by atoms with van der Waals surface area (Å²) in [6.45, 7) is 1.98. The van der Waals surface area contributed by atoms with Crippen LogP contribution in [0.15, 0.2) is 89.0 Å². The summed E-state index contributed by atoms with van der Waals surface area (Å²) in [6, 6.07) is 20.3. The van der Waals surface area contributed by atoms with Gasteiger partial charge in [-0.3, -0.25) is 4.68 Å². The van der Waals surface area contributed by atoms with Crippen molar-refractivity contribution >= 4 is 27.8 Å². The molecule has 4 rings (SSSR count). The maximum Gasteiger partial charge on any atom is 0.276 e. The van der Waals surface area contributed by atoms with E-state index in [2.05, 4.69) is 15.0 Å². The van der Waals surface area contributed by atoms with Crippen molar-refractivity contribution in [2.75, 3.05) is 0 Å². The summed E-state index contributed by atoms with van der Waals surface area (Å²) in [5.41, 5.74) is 3.19. The van der Waals surface area contributed by atoms with Gasteiger partial charge in [0, 0.05) is 27.9 Å². The van der Waals surface area contributed by atoms with Gasteiger partial charge in [-0.05, 0) is 31.2 Å². The van der Waals surface area contributed by atoms with E-state index < -0.39 is 15.8 Å². The van der Waals surface area contributed by atoms with E-state index in [9.17, 15) is 12.8 Å². The maximum atomic E-state index is 14.3. The molecular formula is C24H20ClFN4O2S. The van der Waals surface area contributed by atoms with Crippen molar-refractivity contribution in [3.05, 3.63) is 107 Å². The lowest BCUT2D eigenvalue weighted by molar-refractivity contribution is 0.584. The molecule has 9 heteroatoms. The summed E-state index contributed by atoms with van der Waals surface area (Å²) in [5.74, 6) is -0.430. The topological polar surface area (TPSA) is 76.3 Å². The van der Waals surface area contributed by atoms with Gasteiger partial charge < -0.3 is 0 Å². The lowest BCUT2D eigenvalue weighted by Crippen LogP contribution is -2.18. The number of hydrogen-bond donors (Lipinski definition) is 1. The molecule has 168 valence electrons. The molecule has 3 aromatic carbocycles. The number of nitrogens with one attached hydrogen (secondary N) is 1. The van der Waals surface area contributed by atoms with Crippen molar-refractivity contribution in [1.82, 2.24) is 14.6 Å². The van der Waals surface area contributed by atoms with Crippen LogP contribution in [0.25, 0.3) is 11.3 Å². The summed E-state index contributed by atoms with van der Waals surface area (Å²) < 4.78 is 40.8. The van der Waals surface area contributed by atoms with E-state index in [1.165, 1.54) is 30.5 Å². The molecule has 0 bridgehead atoms. The van der Waals surface area contributed by atoms with Crippen molar-refractivity contribution in [2.24, 2.45) is 5.10 Å². The molecule has 0 saturated carbocycles. The molecule has 1 aromatic heterocycles. The van der Waals surface area contributed by atoms with Crippen LogP contribution in [0.5, 0.6) is 0 Å². The first-order valence-corrected chi connectivity index (χ1v) is 11.9. The van der Waals surface area contributed by atoms with Gasteiger partial charge in [0.1, 0.15) is 11.5 Å². The molecule has 0 aliphatic rings. The van der Waals surface area contributed by atoms with Crippen molar-refractivity contribution in [1.29, 1.82) is 0 Å². The first kappa shape index (κ1) is 22.7. The highest BCUT2D eigenvalue weighted by Crippen LogP contribution is 2.24. The van der Waals surface area contributed by atoms with Gasteiger partial charge in [-0.2, -0.15) is 18.6 Å². The number of aryl methyl sites for hydroxylation is 1. The van der Waals surface area contributed by atoms with E-state index in [1.807, 2.05) is 37.3 Å². The van der Waals surface area contributed by atoms with Gasteiger partial charge in [-0.15, -0.1) is 0 Å². The fourth-order valence-electron chi connectivity index (χ4n) is 3.21. The molecule has 0 radical (unpaired) electrons. The quantitative estimate of drug-likeness (QED) is 0.297. The van der Waals surface area contributed by atoms with E-state index in [4.69, 9.17) is 11.6 Å². The minimum atomic E-state index is -3.82. The molecule has 0 atom stereocenters. The molecule has 1 N–H and O–H groups in total. The maximum absolute atomic E-state index is 14.3. The van der Waals surface area contributed by atoms with Gasteiger partial charge in [-0.25, -0.2) is 9.22 Å². The summed E-state index contributed by atoms with van der Waals surface area (Å²) >= 11 is 6.16. The van der Waals surface area contributed by atoms with Gasteiger partial charge in [0.05, 0.1) is 17.7 Å². The molecule has 0 fully saturated rings. The number of sulfonamides is 1. The SMILES string of the molecule is Cc1ccc(S(=O)(=O)N/N=C/c2cn(Cc3c(F)cccc3Cl)nc2-c2ccccc2)cc1. The average Bonchev–Trinajstić information content (AvgIpc) is 3.20. The first-order valence-electron chi connectivity index (χ1n) is 10.0. The van der Waals surface area contributed by atoms with Crippen molar-refractivity contribution < 1.29 is 12.8 Å². The first-order chi connectivity index (χ1) is 15.8. The van der Waals surface area contributed by atoms with E-state index in [0.717, 1.165) is 11.1 Å². The Morgan fingerprint density at radius 2 is 1.79 bits per heavy atom. The van der Waals surface area contributed by atoms with Gasteiger partial charge >= 0.3 is 0 Å². The second-order valence-corrected chi connectivity index (χ2v) is 9.43. The molecule has 0 aliphatic heterocycles. The molecule has 0 saturated heterocycles. The Morgan fingerprint density at radius 3 is 2.48 bits per heavy atom. The predicted octanol–water partition coefficient (Wildman–Crippen LogP) is 5.01. The average molecular weight is 483 g/mol. The minimum Gasteiger partial charge on any atom is -0.267 e. The van der Waals surface area contributed by atoms with Crippen LogP contribution in [-0.2, 0) is 16.6 Å². The van der Waals surface area contributed by atoms with Crippen LogP contribution in [-0.4, -0.2) is 24.4 Å². The summed E-state index contributed by atoms with van der Waals surface area (Å²) in [5, 5.41) is 8.80. The van der Waals surface area contributed by atoms with Crippen LogP contribution in [0.2, 0.25) is 5.02 Å². The van der Waals surface area contributed by atoms with Crippen LogP contribution in [0.3, 0.4) is 0 Å². The molecule has 0 amide bonds. The highest BCUT2D eigenvalue weighted by atomic mass is 35.5. The third-order valence-corrected chi connectivity index (χ3v) is 6.52. The fourth-order valence-corrected chi connectivity index (χ4v) is 4.23. The number of hydrogen-bond acceptors (Lipinski definition) is 4. The second-order valence-electron chi connectivity index (χ2n) is 7.36. The molecule has 4 aromatic rings. The van der Waals surface area contributed by atoms with Gasteiger partial charge in [0.2, 0.25) is 0 Å². The van der Waals surface area contributed by atoms with Crippen LogP contribution in [0.1, 0.15) is 16.7 Å². The molecule has 1 heterocycles. The van der Waals surface area contributed by atoms with Gasteiger partial charge in [-0.1, -0.05) is 65.7 Å². The van der Waals surface area contributed by atoms with Crippen LogP contribution in [0.4, 0.5) is 4.39 Å². The molecule has 6 nitrogen and oxygen atoms in total. The monoisotopic (exact) mass is 482 g/mol. The molecule has 33 heavy (non-hydrogen) atoms. The number of nitrogens with zero attached hydrogens (tertiary/aromatic N) is 3. The minimum absolute atomic E-state index is 0.105. The summed E-state index contributed by atoms with van der Waals surface area (Å²) in [7, 11) is -3.82. The largest absolute Gasteiger partial charge is 0.276 e. The number of rotatable bonds is 7. The van der Waals surface area contributed by atoms with E-state index >= 15 is 0 Å². The molecule has 0 aliphatic carbocycles. The molecule has 0 spiro atoms. The standard InChI is InChI=1S/C24H20ClFN4O2S/c1-17-10-12-20(13-11-17)33(31,32)29-27-14-19-15-30(16-21-22(25)8-5-9-23(21)26)28-24(19)18-6-3-2-4-7-18/h2-15,29H,16H2,1H3/b27-14+. The fraction of sp³-hybridized carbons (Fsp3) is 0.0833. The number of benzene rings is 3. The van der Waals surface area contributed by atoms with Crippen molar-refractivity contribution in [3.63, 3.8) is 0 Å². The highest BCUT2D eigenvalue weighted by Gasteiger charge is 2.15. The molecular weight excluding hydrogens is 463 g/mol. The number of halogens is 2. The third kappa shape index (κ3) is 5.30. The van der Waals surface area contributed by atoms with E-state index in [-0.39, 0.29) is 11.4 Å².